The summed E-state index contributed by atoms with van der Waals surface area (Å²) in [7, 11) is 0. The number of aryl methyl sites for hydroxylation is 2. The van der Waals surface area contributed by atoms with Gasteiger partial charge in [0.05, 0.1) is 0 Å². The van der Waals surface area contributed by atoms with Gasteiger partial charge < -0.3 is 10.4 Å². The lowest BCUT2D eigenvalue weighted by Crippen LogP contribution is -2.32. The summed E-state index contributed by atoms with van der Waals surface area (Å²) in [6.45, 7) is 7.70. The maximum absolute atomic E-state index is 10.5. The van der Waals surface area contributed by atoms with E-state index in [0.29, 0.717) is 12.4 Å². The third-order valence-electron chi connectivity index (χ3n) is 2.40. The molecule has 0 fully saturated rings. The number of nitrogens with zero attached hydrogens (tertiary/aromatic N) is 2. The second-order valence-corrected chi connectivity index (χ2v) is 4.88. The Labute approximate surface area is 101 Å². The molecule has 0 saturated carbocycles. The van der Waals surface area contributed by atoms with Crippen LogP contribution in [0.3, 0.4) is 0 Å². The lowest BCUT2D eigenvalue weighted by molar-refractivity contribution is -0.137. The van der Waals surface area contributed by atoms with Gasteiger partial charge in [-0.15, -0.1) is 0 Å². The quantitative estimate of drug-likeness (QED) is 0.820. The van der Waals surface area contributed by atoms with Crippen molar-refractivity contribution in [1.82, 2.24) is 9.97 Å². The van der Waals surface area contributed by atoms with Crippen LogP contribution in [0.25, 0.3) is 0 Å². The third-order valence-corrected chi connectivity index (χ3v) is 2.40. The fraction of sp³-hybridized carbons (Fsp3) is 0.583. The normalized spacial score (nSPS) is 11.3. The van der Waals surface area contributed by atoms with E-state index in [9.17, 15) is 4.79 Å². The first kappa shape index (κ1) is 13.4. The zero-order chi connectivity index (χ0) is 13.1. The minimum atomic E-state index is -0.791. The maximum atomic E-state index is 10.5. The molecule has 5 heteroatoms. The topological polar surface area (TPSA) is 75.1 Å². The number of aliphatic carboxylic acids is 1. The molecule has 0 spiro atoms. The smallest absolute Gasteiger partial charge is 0.303 e. The number of carboxylic acid groups (broad SMARTS) is 1. The molecule has 0 atom stereocenters. The largest absolute Gasteiger partial charge is 0.481 e. The van der Waals surface area contributed by atoms with E-state index in [4.69, 9.17) is 5.11 Å². The Kier molecular flexibility index (Phi) is 4.04. The molecule has 1 aromatic rings. The van der Waals surface area contributed by atoms with Gasteiger partial charge in [-0.1, -0.05) is 0 Å². The molecule has 5 nitrogen and oxygen atoms in total. The van der Waals surface area contributed by atoms with Crippen LogP contribution in [0.15, 0.2) is 6.07 Å². The van der Waals surface area contributed by atoms with Gasteiger partial charge in [-0.2, -0.15) is 0 Å². The van der Waals surface area contributed by atoms with Crippen LogP contribution in [0.4, 0.5) is 5.95 Å². The number of hydrogen-bond acceptors (Lipinski definition) is 4. The number of anilines is 1. The van der Waals surface area contributed by atoms with Gasteiger partial charge in [-0.05, 0) is 40.2 Å². The molecule has 2 N–H and O–H groups in total. The molecule has 17 heavy (non-hydrogen) atoms. The van der Waals surface area contributed by atoms with Crippen molar-refractivity contribution in [3.05, 3.63) is 17.5 Å². The van der Waals surface area contributed by atoms with Crippen LogP contribution in [0.2, 0.25) is 0 Å². The average Bonchev–Trinajstić information content (AvgIpc) is 2.12. The van der Waals surface area contributed by atoms with Crippen LogP contribution in [0, 0.1) is 13.8 Å². The molecular weight excluding hydrogens is 218 g/mol. The Balaban J connectivity index is 2.71. The average molecular weight is 237 g/mol. The van der Waals surface area contributed by atoms with Crippen molar-refractivity contribution >= 4 is 11.9 Å². The van der Waals surface area contributed by atoms with Crippen LogP contribution >= 0.6 is 0 Å². The highest BCUT2D eigenvalue weighted by Gasteiger charge is 2.20. The number of hydrogen-bond donors (Lipinski definition) is 2. The molecule has 0 bridgehead atoms. The van der Waals surface area contributed by atoms with Gasteiger partial charge in [0.25, 0.3) is 0 Å². The molecule has 1 heterocycles. The molecule has 0 amide bonds. The van der Waals surface area contributed by atoms with E-state index >= 15 is 0 Å². The molecule has 0 aliphatic rings. The second kappa shape index (κ2) is 5.12. The molecule has 0 saturated heterocycles. The zero-order valence-corrected chi connectivity index (χ0v) is 10.7. The summed E-state index contributed by atoms with van der Waals surface area (Å²) < 4.78 is 0. The first-order chi connectivity index (χ1) is 7.78. The number of nitrogens with one attached hydrogen (secondary N) is 1. The molecule has 1 aromatic heterocycles. The third kappa shape index (κ3) is 4.80. The van der Waals surface area contributed by atoms with Gasteiger partial charge >= 0.3 is 5.97 Å². The van der Waals surface area contributed by atoms with Gasteiger partial charge in [-0.3, -0.25) is 4.79 Å². The number of carbonyl (C=O) groups is 1. The molecule has 0 radical (unpaired) electrons. The fourth-order valence-corrected chi connectivity index (χ4v) is 1.57. The van der Waals surface area contributed by atoms with E-state index in [-0.39, 0.29) is 12.0 Å². The van der Waals surface area contributed by atoms with Gasteiger partial charge in [-0.25, -0.2) is 9.97 Å². The van der Waals surface area contributed by atoms with E-state index in [1.807, 2.05) is 33.8 Å². The van der Waals surface area contributed by atoms with Gasteiger partial charge in [0.15, 0.2) is 0 Å². The van der Waals surface area contributed by atoms with Crippen molar-refractivity contribution in [3.63, 3.8) is 0 Å². The number of carboxylic acids is 1. The van der Waals surface area contributed by atoms with Crippen LogP contribution in [-0.2, 0) is 4.79 Å². The van der Waals surface area contributed by atoms with E-state index in [1.165, 1.54) is 0 Å². The standard InChI is InChI=1S/C12H19N3O2/c1-8-7-9(2)14-11(13-8)15-12(3,4)6-5-10(16)17/h7H,5-6H2,1-4H3,(H,16,17)(H,13,14,15). The molecule has 94 valence electrons. The van der Waals surface area contributed by atoms with Crippen molar-refractivity contribution in [2.24, 2.45) is 0 Å². The van der Waals surface area contributed by atoms with E-state index in [0.717, 1.165) is 11.4 Å². The predicted octanol–water partition coefficient (Wildman–Crippen LogP) is 2.15. The SMILES string of the molecule is Cc1cc(C)nc(NC(C)(C)CCC(=O)O)n1. The number of aromatic nitrogens is 2. The summed E-state index contributed by atoms with van der Waals surface area (Å²) in [4.78, 5) is 19.1. The Hall–Kier alpha value is -1.65. The van der Waals surface area contributed by atoms with E-state index in [2.05, 4.69) is 15.3 Å². The van der Waals surface area contributed by atoms with Crippen molar-refractivity contribution in [3.8, 4) is 0 Å². The minimum Gasteiger partial charge on any atom is -0.481 e. The monoisotopic (exact) mass is 237 g/mol. The van der Waals surface area contributed by atoms with Gasteiger partial charge in [0.2, 0.25) is 5.95 Å². The zero-order valence-electron chi connectivity index (χ0n) is 10.7. The summed E-state index contributed by atoms with van der Waals surface area (Å²) in [5.41, 5.74) is 1.46. The molecule has 0 unspecified atom stereocenters. The van der Waals surface area contributed by atoms with E-state index in [1.54, 1.807) is 0 Å². The van der Waals surface area contributed by atoms with Crippen LogP contribution in [0.1, 0.15) is 38.1 Å². The Morgan fingerprint density at radius 3 is 2.35 bits per heavy atom. The first-order valence-electron chi connectivity index (χ1n) is 5.61. The predicted molar refractivity (Wildman–Crippen MR) is 66.1 cm³/mol. The van der Waals surface area contributed by atoms with Crippen molar-refractivity contribution in [1.29, 1.82) is 0 Å². The number of rotatable bonds is 5. The van der Waals surface area contributed by atoms with Crippen molar-refractivity contribution in [2.45, 2.75) is 46.1 Å². The Morgan fingerprint density at radius 1 is 1.35 bits per heavy atom. The Morgan fingerprint density at radius 2 is 1.88 bits per heavy atom. The summed E-state index contributed by atoms with van der Waals surface area (Å²) in [5, 5.41) is 11.8. The summed E-state index contributed by atoms with van der Waals surface area (Å²) in [5.74, 6) is -0.237. The highest BCUT2D eigenvalue weighted by Crippen LogP contribution is 2.17. The highest BCUT2D eigenvalue weighted by atomic mass is 16.4. The molecular formula is C12H19N3O2. The van der Waals surface area contributed by atoms with Crippen molar-refractivity contribution < 1.29 is 9.90 Å². The van der Waals surface area contributed by atoms with Gasteiger partial charge in [0, 0.05) is 23.3 Å². The minimum absolute atomic E-state index is 0.130. The molecule has 0 aliphatic carbocycles. The van der Waals surface area contributed by atoms with Crippen LogP contribution in [0.5, 0.6) is 0 Å². The lowest BCUT2D eigenvalue weighted by atomic mass is 9.99. The summed E-state index contributed by atoms with van der Waals surface area (Å²) in [6, 6.07) is 1.90. The summed E-state index contributed by atoms with van der Waals surface area (Å²) in [6.07, 6.45) is 0.656. The second-order valence-electron chi connectivity index (χ2n) is 4.88. The van der Waals surface area contributed by atoms with Gasteiger partial charge in [0.1, 0.15) is 0 Å². The fourth-order valence-electron chi connectivity index (χ4n) is 1.57. The summed E-state index contributed by atoms with van der Waals surface area (Å²) >= 11 is 0. The van der Waals surface area contributed by atoms with Crippen LogP contribution < -0.4 is 5.32 Å². The molecule has 0 aliphatic heterocycles. The lowest BCUT2D eigenvalue weighted by Gasteiger charge is -2.25. The van der Waals surface area contributed by atoms with Crippen LogP contribution in [-0.4, -0.2) is 26.6 Å². The Bertz CT molecular complexity index is 396. The first-order valence-corrected chi connectivity index (χ1v) is 5.61. The van der Waals surface area contributed by atoms with E-state index < -0.39 is 5.97 Å². The van der Waals surface area contributed by atoms with Crippen molar-refractivity contribution in [2.75, 3.05) is 5.32 Å². The maximum Gasteiger partial charge on any atom is 0.303 e. The molecule has 1 rings (SSSR count). The molecule has 0 aromatic carbocycles. The highest BCUT2D eigenvalue weighted by molar-refractivity contribution is 5.66.